The summed E-state index contributed by atoms with van der Waals surface area (Å²) in [4.78, 5) is 0. The Hall–Kier alpha value is -1.18. The number of aromatic nitrogens is 3. The molecule has 4 atom stereocenters. The molecule has 1 spiro atoms. The van der Waals surface area contributed by atoms with Crippen LogP contribution in [-0.2, 0) is 37.4 Å². The Morgan fingerprint density at radius 2 is 1.61 bits per heavy atom. The SMILES string of the molecule is CCOC(OCC)c1cnnn1C1OC(CO[Si](C)(C)C(C)(C)C)C2(OS(=O)(=O)C=C2N)C1O[Si](C)(C)C(C)(C)C. The van der Waals surface area contributed by atoms with Crippen molar-refractivity contribution in [1.29, 1.82) is 0 Å². The molecule has 1 aromatic rings. The van der Waals surface area contributed by atoms with Crippen LogP contribution in [0.15, 0.2) is 17.3 Å². The lowest BCUT2D eigenvalue weighted by atomic mass is 9.89. The minimum atomic E-state index is -4.13. The van der Waals surface area contributed by atoms with E-state index in [-0.39, 0.29) is 22.4 Å². The molecule has 2 aliphatic rings. The molecule has 2 N–H and O–H groups in total. The molecular formula is C26H50N4O8SSi2. The molecule has 0 aromatic carbocycles. The molecule has 1 saturated heterocycles. The summed E-state index contributed by atoms with van der Waals surface area (Å²) in [5.41, 5.74) is 5.38. The van der Waals surface area contributed by atoms with Gasteiger partial charge in [0.1, 0.15) is 17.9 Å². The van der Waals surface area contributed by atoms with Crippen molar-refractivity contribution >= 4 is 26.8 Å². The lowest BCUT2D eigenvalue weighted by molar-refractivity contribution is -0.150. The summed E-state index contributed by atoms with van der Waals surface area (Å²) in [5, 5.41) is 9.11. The molecule has 3 rings (SSSR count). The highest BCUT2D eigenvalue weighted by Gasteiger charge is 2.67. The molecular weight excluding hydrogens is 585 g/mol. The first kappa shape index (κ1) is 34.3. The minimum Gasteiger partial charge on any atom is -0.414 e. The van der Waals surface area contributed by atoms with Crippen molar-refractivity contribution in [3.05, 3.63) is 23.0 Å². The van der Waals surface area contributed by atoms with Crippen molar-refractivity contribution in [1.82, 2.24) is 15.0 Å². The van der Waals surface area contributed by atoms with E-state index in [1.165, 1.54) is 4.68 Å². The zero-order chi connectivity index (χ0) is 31.2. The zero-order valence-corrected chi connectivity index (χ0v) is 29.5. The number of ether oxygens (including phenoxy) is 3. The topological polar surface area (TPSA) is 146 Å². The Balaban J connectivity index is 2.21. The van der Waals surface area contributed by atoms with Crippen molar-refractivity contribution in [3.8, 4) is 0 Å². The van der Waals surface area contributed by atoms with E-state index >= 15 is 0 Å². The molecule has 2 aliphatic heterocycles. The van der Waals surface area contributed by atoms with Gasteiger partial charge >= 0.3 is 0 Å². The number of hydrogen-bond acceptors (Lipinski definition) is 11. The van der Waals surface area contributed by atoms with Crippen molar-refractivity contribution < 1.29 is 35.7 Å². The molecule has 3 heterocycles. The summed E-state index contributed by atoms with van der Waals surface area (Å²) in [6.45, 7) is 25.6. The lowest BCUT2D eigenvalue weighted by Gasteiger charge is -2.43. The Morgan fingerprint density at radius 3 is 2.07 bits per heavy atom. The molecule has 0 aliphatic carbocycles. The zero-order valence-electron chi connectivity index (χ0n) is 26.7. The van der Waals surface area contributed by atoms with Crippen molar-refractivity contribution in [2.24, 2.45) is 5.73 Å². The van der Waals surface area contributed by atoms with Crippen LogP contribution in [0.4, 0.5) is 0 Å². The van der Waals surface area contributed by atoms with E-state index in [4.69, 9.17) is 33.0 Å². The average molecular weight is 635 g/mol. The van der Waals surface area contributed by atoms with E-state index in [1.54, 1.807) is 6.20 Å². The van der Waals surface area contributed by atoms with Gasteiger partial charge in [-0.2, -0.15) is 8.42 Å². The van der Waals surface area contributed by atoms with Gasteiger partial charge in [0, 0.05) is 13.2 Å². The molecule has 0 amide bonds. The van der Waals surface area contributed by atoms with Crippen LogP contribution in [0.5, 0.6) is 0 Å². The third-order valence-electron chi connectivity index (χ3n) is 8.79. The van der Waals surface area contributed by atoms with Crippen LogP contribution in [0, 0.1) is 0 Å². The van der Waals surface area contributed by atoms with Gasteiger partial charge in [-0.15, -0.1) is 5.10 Å². The highest BCUT2D eigenvalue weighted by Crippen LogP contribution is 2.52. The molecule has 12 nitrogen and oxygen atoms in total. The summed E-state index contributed by atoms with van der Waals surface area (Å²) >= 11 is 0. The standard InChI is InChI=1S/C26H50N4O8SSi2/c1-13-33-23(34-14-2)18-15-28-29-30(18)22-21(37-41(11,12)25(6,7)8)26(19(27)17-39(31,32)38-26)20(36-22)16-35-40(9,10)24(3,4)5/h15,17,20-23H,13-14,16,27H2,1-12H3. The largest absolute Gasteiger partial charge is 0.414 e. The average Bonchev–Trinajstić information content (AvgIpc) is 3.46. The predicted octanol–water partition coefficient (Wildman–Crippen LogP) is 4.56. The number of nitrogens with two attached hydrogens (primary N) is 1. The van der Waals surface area contributed by atoms with E-state index in [1.807, 2.05) is 13.8 Å². The molecule has 4 unspecified atom stereocenters. The molecule has 15 heteroatoms. The fourth-order valence-corrected chi connectivity index (χ4v) is 7.84. The first-order valence-electron chi connectivity index (χ1n) is 14.2. The summed E-state index contributed by atoms with van der Waals surface area (Å²) in [6.07, 6.45) is -2.15. The van der Waals surface area contributed by atoms with Crippen LogP contribution >= 0.6 is 0 Å². The van der Waals surface area contributed by atoms with E-state index in [0.29, 0.717) is 18.9 Å². The van der Waals surface area contributed by atoms with Gasteiger partial charge in [-0.1, -0.05) is 46.8 Å². The number of hydrogen-bond donors (Lipinski definition) is 1. The van der Waals surface area contributed by atoms with Crippen LogP contribution in [0.25, 0.3) is 0 Å². The first-order valence-corrected chi connectivity index (χ1v) is 21.5. The van der Waals surface area contributed by atoms with E-state index in [9.17, 15) is 8.42 Å². The normalized spacial score (nSPS) is 27.2. The van der Waals surface area contributed by atoms with Gasteiger partial charge in [0.05, 0.1) is 23.9 Å². The summed E-state index contributed by atoms with van der Waals surface area (Å²) < 4.78 is 65.3. The van der Waals surface area contributed by atoms with Crippen molar-refractivity contribution in [2.75, 3.05) is 19.8 Å². The van der Waals surface area contributed by atoms with E-state index in [0.717, 1.165) is 5.41 Å². The van der Waals surface area contributed by atoms with Gasteiger partial charge in [0.15, 0.2) is 28.5 Å². The maximum atomic E-state index is 13.0. The van der Waals surface area contributed by atoms with Crippen molar-refractivity contribution in [3.63, 3.8) is 0 Å². The Bertz CT molecular complexity index is 1200. The number of nitrogens with zero attached hydrogens (tertiary/aromatic N) is 3. The Morgan fingerprint density at radius 1 is 1.05 bits per heavy atom. The second-order valence-electron chi connectivity index (χ2n) is 13.7. The highest BCUT2D eigenvalue weighted by atomic mass is 32.2. The third-order valence-corrected chi connectivity index (χ3v) is 18.8. The lowest BCUT2D eigenvalue weighted by Crippen LogP contribution is -2.59. The fourth-order valence-electron chi connectivity index (χ4n) is 4.33. The maximum absolute atomic E-state index is 13.0. The van der Waals surface area contributed by atoms with Crippen LogP contribution in [0.3, 0.4) is 0 Å². The fraction of sp³-hybridized carbons (Fsp3) is 0.846. The molecule has 236 valence electrons. The summed E-state index contributed by atoms with van der Waals surface area (Å²) in [6, 6.07) is 0. The monoisotopic (exact) mass is 634 g/mol. The summed E-state index contributed by atoms with van der Waals surface area (Å²) in [7, 11) is -9.00. The van der Waals surface area contributed by atoms with Crippen LogP contribution in [0.2, 0.25) is 36.3 Å². The Labute approximate surface area is 247 Å². The maximum Gasteiger partial charge on any atom is 0.292 e. The molecule has 0 saturated carbocycles. The third kappa shape index (κ3) is 6.67. The predicted molar refractivity (Wildman–Crippen MR) is 160 cm³/mol. The van der Waals surface area contributed by atoms with Crippen LogP contribution < -0.4 is 5.73 Å². The molecule has 0 bridgehead atoms. The van der Waals surface area contributed by atoms with Gasteiger partial charge in [-0.05, 0) is 50.1 Å². The van der Waals surface area contributed by atoms with Crippen molar-refractivity contribution in [2.45, 2.75) is 122 Å². The van der Waals surface area contributed by atoms with Gasteiger partial charge in [-0.3, -0.25) is 0 Å². The quantitative estimate of drug-likeness (QED) is 0.208. The highest BCUT2D eigenvalue weighted by molar-refractivity contribution is 7.90. The van der Waals surface area contributed by atoms with E-state index < -0.39 is 57.1 Å². The molecule has 1 fully saturated rings. The molecule has 41 heavy (non-hydrogen) atoms. The van der Waals surface area contributed by atoms with Crippen LogP contribution in [0.1, 0.15) is 73.6 Å². The Kier molecular flexibility index (Phi) is 9.81. The van der Waals surface area contributed by atoms with Gasteiger partial charge < -0.3 is 28.8 Å². The molecule has 1 aromatic heterocycles. The molecule has 0 radical (unpaired) electrons. The minimum absolute atomic E-state index is 0.000345. The van der Waals surface area contributed by atoms with Gasteiger partial charge in [0.25, 0.3) is 10.1 Å². The summed E-state index contributed by atoms with van der Waals surface area (Å²) in [5.74, 6) is 0. The second-order valence-corrected chi connectivity index (χ2v) is 24.6. The smallest absolute Gasteiger partial charge is 0.292 e. The van der Waals surface area contributed by atoms with Crippen LogP contribution in [-0.4, -0.2) is 77.7 Å². The van der Waals surface area contributed by atoms with E-state index in [2.05, 4.69) is 78.0 Å². The van der Waals surface area contributed by atoms with Gasteiger partial charge in [0.2, 0.25) is 6.29 Å². The van der Waals surface area contributed by atoms with Gasteiger partial charge in [-0.25, -0.2) is 8.86 Å². The number of rotatable bonds is 11. The second kappa shape index (κ2) is 11.7. The first-order chi connectivity index (χ1) is 18.6.